The minimum Gasteiger partial charge on any atom is -0.320 e. The predicted molar refractivity (Wildman–Crippen MR) is 68.7 cm³/mol. The molecule has 0 bridgehead atoms. The van der Waals surface area contributed by atoms with E-state index in [1.807, 2.05) is 0 Å². The van der Waals surface area contributed by atoms with Crippen LogP contribution in [0.4, 0.5) is 13.2 Å². The summed E-state index contributed by atoms with van der Waals surface area (Å²) in [6.45, 7) is 0. The Morgan fingerprint density at radius 2 is 1.71 bits per heavy atom. The Morgan fingerprint density at radius 1 is 1.14 bits per heavy atom. The van der Waals surface area contributed by atoms with Crippen molar-refractivity contribution in [3.8, 4) is 0 Å². The molecule has 0 rings (SSSR count). The third-order valence-electron chi connectivity index (χ3n) is 1.52. The van der Waals surface area contributed by atoms with Gasteiger partial charge in [0.1, 0.15) is 0 Å². The molecule has 0 aromatic carbocycles. The molecular formula is CH13F3O3SSi6. The van der Waals surface area contributed by atoms with Crippen LogP contribution in [0.15, 0.2) is 0 Å². The van der Waals surface area contributed by atoms with Crippen molar-refractivity contribution in [2.75, 3.05) is 0 Å². The van der Waals surface area contributed by atoms with Gasteiger partial charge in [0.05, 0.1) is 0 Å². The first kappa shape index (κ1) is 15.0. The predicted octanol–water partition coefficient (Wildman–Crippen LogP) is -5.45. The molecule has 0 spiro atoms. The van der Waals surface area contributed by atoms with E-state index in [-0.39, 0.29) is 17.1 Å². The van der Waals surface area contributed by atoms with Gasteiger partial charge in [-0.25, -0.2) is 0 Å². The molecule has 0 aliphatic rings. The van der Waals surface area contributed by atoms with E-state index >= 15 is 0 Å². The first-order chi connectivity index (χ1) is 6.31. The van der Waals surface area contributed by atoms with Crippen LogP contribution in [-0.4, -0.2) is 67.2 Å². The van der Waals surface area contributed by atoms with E-state index in [1.54, 1.807) is 0 Å². The van der Waals surface area contributed by atoms with Crippen molar-refractivity contribution in [1.29, 1.82) is 0 Å². The molecule has 0 aromatic heterocycles. The Hall–Kier alpha value is 1.00. The molecule has 14 heavy (non-hydrogen) atoms. The van der Waals surface area contributed by atoms with Crippen molar-refractivity contribution in [2.45, 2.75) is 5.51 Å². The van der Waals surface area contributed by atoms with E-state index in [2.05, 4.69) is 3.87 Å². The second kappa shape index (κ2) is 6.56. The van der Waals surface area contributed by atoms with Crippen LogP contribution >= 0.6 is 0 Å². The third-order valence-corrected chi connectivity index (χ3v) is 77.5. The van der Waals surface area contributed by atoms with Crippen molar-refractivity contribution in [3.63, 3.8) is 0 Å². The highest BCUT2D eigenvalue weighted by atomic mass is 32.2. The van der Waals surface area contributed by atoms with Gasteiger partial charge in [-0.3, -0.25) is 0 Å². The van der Waals surface area contributed by atoms with E-state index < -0.39 is 33.5 Å². The molecule has 0 radical (unpaired) electrons. The van der Waals surface area contributed by atoms with Crippen molar-refractivity contribution in [2.24, 2.45) is 0 Å². The minimum atomic E-state index is -5.23. The maximum Gasteiger partial charge on any atom is 0.522 e. The zero-order chi connectivity index (χ0) is 11.2. The van der Waals surface area contributed by atoms with E-state index in [0.29, 0.717) is 8.55 Å². The molecule has 0 saturated carbocycles. The average molecular weight is 331 g/mol. The molecule has 86 valence electrons. The molecule has 0 fully saturated rings. The van der Waals surface area contributed by atoms with Crippen LogP contribution in [0.3, 0.4) is 0 Å². The Labute approximate surface area is 94.3 Å². The molecule has 3 nitrogen and oxygen atoms in total. The lowest BCUT2D eigenvalue weighted by Crippen LogP contribution is -2.31. The Morgan fingerprint density at radius 3 is 2.14 bits per heavy atom. The fourth-order valence-corrected chi connectivity index (χ4v) is 120. The van der Waals surface area contributed by atoms with Crippen LogP contribution in [0.1, 0.15) is 0 Å². The van der Waals surface area contributed by atoms with Gasteiger partial charge in [-0.1, -0.05) is 0 Å². The van der Waals surface area contributed by atoms with E-state index in [1.165, 1.54) is 9.76 Å². The lowest BCUT2D eigenvalue weighted by atomic mass is 11.6. The first-order valence-corrected chi connectivity index (χ1v) is 27.9. The molecule has 0 aliphatic heterocycles. The van der Waals surface area contributed by atoms with Crippen molar-refractivity contribution in [1.82, 2.24) is 0 Å². The Kier molecular flexibility index (Phi) is 7.02. The zero-order valence-corrected chi connectivity index (χ0v) is 17.7. The molecular weight excluding hydrogens is 318 g/mol. The smallest absolute Gasteiger partial charge is 0.320 e. The summed E-state index contributed by atoms with van der Waals surface area (Å²) in [5.41, 5.74) is -5.21. The average Bonchev–Trinajstić information content (AvgIpc) is 2.02. The molecule has 13 heteroatoms. The van der Waals surface area contributed by atoms with Gasteiger partial charge in [0.15, 0.2) is 9.28 Å². The van der Waals surface area contributed by atoms with Crippen LogP contribution in [0, 0.1) is 0 Å². The van der Waals surface area contributed by atoms with E-state index in [9.17, 15) is 21.6 Å². The Bertz CT molecular complexity index is 250. The van der Waals surface area contributed by atoms with Crippen molar-refractivity contribution in [3.05, 3.63) is 0 Å². The number of rotatable bonds is 6. The van der Waals surface area contributed by atoms with Crippen LogP contribution < -0.4 is 0 Å². The number of hydrogen-bond donors (Lipinski definition) is 0. The highest BCUT2D eigenvalue weighted by Crippen LogP contribution is 2.23. The lowest BCUT2D eigenvalue weighted by molar-refractivity contribution is -0.0498. The quantitative estimate of drug-likeness (QED) is 0.277. The van der Waals surface area contributed by atoms with Gasteiger partial charge in [-0.05, 0) is 35.4 Å². The van der Waals surface area contributed by atoms with Crippen LogP contribution in [0.2, 0.25) is 0 Å². The summed E-state index contributed by atoms with van der Waals surface area (Å²) in [5, 5.41) is 0. The number of halogens is 3. The standard InChI is InChI=1S/CH13F3O3SSi6/c2-1(3,4)8(5,6)7-10-12-14-13-11-9/h10-14H2,9H3. The van der Waals surface area contributed by atoms with Crippen molar-refractivity contribution >= 4 is 63.4 Å². The second-order valence-electron chi connectivity index (χ2n) is 2.78. The SMILES string of the molecule is O=S(=O)(O[SiH2][SiH2][SiH2][SiH2][SiH2][SiH3])C(F)(F)F. The van der Waals surface area contributed by atoms with Gasteiger partial charge in [-0.15, -0.1) is 0 Å². The fraction of sp³-hybridized carbons (Fsp3) is 1.00. The summed E-state index contributed by atoms with van der Waals surface area (Å²) in [6, 6.07) is 0. The molecule has 0 N–H and O–H groups in total. The van der Waals surface area contributed by atoms with E-state index in [4.69, 9.17) is 0 Å². The minimum absolute atomic E-state index is 0.0223. The largest absolute Gasteiger partial charge is 0.522 e. The fourth-order valence-electron chi connectivity index (χ4n) is 0.764. The molecule has 0 aromatic rings. The maximum atomic E-state index is 11.8. The molecule has 0 aliphatic carbocycles. The van der Waals surface area contributed by atoms with Gasteiger partial charge < -0.3 is 3.87 Å². The van der Waals surface area contributed by atoms with Gasteiger partial charge in [0.2, 0.25) is 0 Å². The molecule has 0 heterocycles. The van der Waals surface area contributed by atoms with Crippen molar-refractivity contribution < 1.29 is 25.5 Å². The van der Waals surface area contributed by atoms with Gasteiger partial charge >= 0.3 is 15.6 Å². The van der Waals surface area contributed by atoms with Crippen LogP contribution in [-0.2, 0) is 14.0 Å². The van der Waals surface area contributed by atoms with E-state index in [0.717, 1.165) is 0 Å². The summed E-state index contributed by atoms with van der Waals surface area (Å²) < 4.78 is 60.2. The zero-order valence-electron chi connectivity index (χ0n) is 7.80. The maximum absolute atomic E-state index is 11.8. The Balaban J connectivity index is 3.80. The monoisotopic (exact) mass is 330 g/mol. The molecule has 0 amide bonds. The molecule has 0 atom stereocenters. The normalized spacial score (nSPS) is 17.6. The summed E-state index contributed by atoms with van der Waals surface area (Å²) >= 11 is 0. The summed E-state index contributed by atoms with van der Waals surface area (Å²) in [6.07, 6.45) is 0. The van der Waals surface area contributed by atoms with Gasteiger partial charge in [0.25, 0.3) is 0 Å². The second-order valence-corrected chi connectivity index (χ2v) is 47.3. The molecule has 0 unspecified atom stereocenters. The number of alkyl halides is 3. The highest BCUT2D eigenvalue weighted by molar-refractivity contribution is 7.88. The summed E-state index contributed by atoms with van der Waals surface area (Å²) in [4.78, 5) is 0. The summed E-state index contributed by atoms with van der Waals surface area (Å²) in [7, 11) is -5.20. The van der Waals surface area contributed by atoms with Gasteiger partial charge in [-0.2, -0.15) is 21.6 Å². The number of hydrogen-bond acceptors (Lipinski definition) is 3. The lowest BCUT2D eigenvalue weighted by Gasteiger charge is -2.07. The van der Waals surface area contributed by atoms with Crippen LogP contribution in [0.5, 0.6) is 0 Å². The molecule has 0 saturated heterocycles. The van der Waals surface area contributed by atoms with Crippen LogP contribution in [0.25, 0.3) is 0 Å². The third kappa shape index (κ3) is 5.78. The summed E-state index contributed by atoms with van der Waals surface area (Å²) in [5.74, 6) is 0. The topological polar surface area (TPSA) is 43.4 Å². The first-order valence-electron chi connectivity index (χ1n) is 4.27. The van der Waals surface area contributed by atoms with Gasteiger partial charge in [0, 0.05) is 8.55 Å². The highest BCUT2D eigenvalue weighted by Gasteiger charge is 2.46.